The minimum absolute atomic E-state index is 0.666. The molecule has 108 valence electrons. The normalized spacial score (nSPS) is 10.3. The molecule has 0 spiro atoms. The van der Waals surface area contributed by atoms with Crippen LogP contribution in [0.25, 0.3) is 0 Å². The fourth-order valence-corrected chi connectivity index (χ4v) is 2.05. The van der Waals surface area contributed by atoms with Crippen molar-refractivity contribution in [1.82, 2.24) is 0 Å². The van der Waals surface area contributed by atoms with Crippen LogP contribution in [0.5, 0.6) is 17.2 Å². The number of rotatable bonds is 7. The van der Waals surface area contributed by atoms with Crippen molar-refractivity contribution in [1.29, 1.82) is 0 Å². The minimum atomic E-state index is 0.666. The third-order valence-corrected chi connectivity index (χ3v) is 3.08. The van der Waals surface area contributed by atoms with Crippen LogP contribution in [-0.4, -0.2) is 21.3 Å². The van der Waals surface area contributed by atoms with Crippen LogP contribution in [-0.2, 0) is 13.1 Å². The van der Waals surface area contributed by atoms with Crippen molar-refractivity contribution >= 4 is 0 Å². The highest BCUT2D eigenvalue weighted by atomic mass is 16.5. The Hall–Kier alpha value is -2.14. The van der Waals surface area contributed by atoms with Crippen molar-refractivity contribution in [2.45, 2.75) is 13.1 Å². The van der Waals surface area contributed by atoms with Crippen molar-refractivity contribution in [2.24, 2.45) is 0 Å². The molecule has 20 heavy (non-hydrogen) atoms. The van der Waals surface area contributed by atoms with Crippen LogP contribution in [0, 0.1) is 0 Å². The Morgan fingerprint density at radius 2 is 1.65 bits per heavy atom. The molecule has 0 saturated heterocycles. The highest BCUT2D eigenvalue weighted by Crippen LogP contribution is 2.34. The first-order valence-electron chi connectivity index (χ1n) is 6.41. The maximum atomic E-state index is 5.40. The van der Waals surface area contributed by atoms with Crippen molar-refractivity contribution in [3.05, 3.63) is 41.9 Å². The number of hydrogen-bond acceptors (Lipinski definition) is 4. The summed E-state index contributed by atoms with van der Waals surface area (Å²) in [5.74, 6) is 3.11. The summed E-state index contributed by atoms with van der Waals surface area (Å²) in [6, 6.07) is 7.63. The molecule has 0 atom stereocenters. The van der Waals surface area contributed by atoms with Gasteiger partial charge in [-0.15, -0.1) is 0 Å². The Morgan fingerprint density at radius 3 is 2.25 bits per heavy atom. The number of methoxy groups -OCH3 is 3. The number of ether oxygens (including phenoxy) is 3. The summed E-state index contributed by atoms with van der Waals surface area (Å²) in [6.07, 6.45) is 1.68. The van der Waals surface area contributed by atoms with Crippen molar-refractivity contribution in [2.75, 3.05) is 21.3 Å². The molecule has 0 bridgehead atoms. The molecule has 0 unspecified atom stereocenters. The van der Waals surface area contributed by atoms with Crippen molar-refractivity contribution in [3.63, 3.8) is 0 Å². The van der Waals surface area contributed by atoms with E-state index in [4.69, 9.17) is 18.6 Å². The highest BCUT2D eigenvalue weighted by molar-refractivity contribution is 5.50. The Balaban J connectivity index is 2.09. The first kappa shape index (κ1) is 14.3. The zero-order valence-electron chi connectivity index (χ0n) is 12.0. The first-order chi connectivity index (χ1) is 9.78. The lowest BCUT2D eigenvalue weighted by molar-refractivity contribution is -0.688. The Bertz CT molecular complexity index is 537. The second-order valence-corrected chi connectivity index (χ2v) is 4.30. The fraction of sp³-hybridized carbons (Fsp3) is 0.333. The van der Waals surface area contributed by atoms with E-state index in [0.29, 0.717) is 11.5 Å². The van der Waals surface area contributed by atoms with Gasteiger partial charge in [0.25, 0.3) is 0 Å². The van der Waals surface area contributed by atoms with Gasteiger partial charge in [0.1, 0.15) is 18.8 Å². The molecule has 5 nitrogen and oxygen atoms in total. The van der Waals surface area contributed by atoms with Gasteiger partial charge in [-0.1, -0.05) is 0 Å². The van der Waals surface area contributed by atoms with Gasteiger partial charge in [-0.3, -0.25) is 0 Å². The summed E-state index contributed by atoms with van der Waals surface area (Å²) < 4.78 is 21.3. The molecule has 1 heterocycles. The number of quaternary nitrogens is 1. The van der Waals surface area contributed by atoms with E-state index in [9.17, 15) is 0 Å². The van der Waals surface area contributed by atoms with Crippen LogP contribution >= 0.6 is 0 Å². The summed E-state index contributed by atoms with van der Waals surface area (Å²) in [4.78, 5) is 0. The maximum absolute atomic E-state index is 5.40. The predicted molar refractivity (Wildman–Crippen MR) is 74.1 cm³/mol. The Morgan fingerprint density at radius 1 is 0.950 bits per heavy atom. The monoisotopic (exact) mass is 278 g/mol. The first-order valence-corrected chi connectivity index (χ1v) is 6.41. The van der Waals surface area contributed by atoms with Gasteiger partial charge in [0, 0.05) is 6.07 Å². The second-order valence-electron chi connectivity index (χ2n) is 4.30. The predicted octanol–water partition coefficient (Wildman–Crippen LogP) is 1.57. The number of hydrogen-bond donors (Lipinski definition) is 1. The highest BCUT2D eigenvalue weighted by Gasteiger charge is 2.13. The van der Waals surface area contributed by atoms with E-state index in [0.717, 1.165) is 30.2 Å². The molecule has 0 aliphatic rings. The fourth-order valence-electron chi connectivity index (χ4n) is 2.05. The molecule has 0 amide bonds. The Kier molecular flexibility index (Phi) is 4.90. The largest absolute Gasteiger partial charge is 0.496 e. The summed E-state index contributed by atoms with van der Waals surface area (Å²) in [6.45, 7) is 1.55. The van der Waals surface area contributed by atoms with Crippen LogP contribution < -0.4 is 19.5 Å². The number of nitrogens with two attached hydrogens (primary N) is 1. The van der Waals surface area contributed by atoms with Gasteiger partial charge in [-0.05, 0) is 18.2 Å². The van der Waals surface area contributed by atoms with Crippen LogP contribution in [0.2, 0.25) is 0 Å². The van der Waals surface area contributed by atoms with Crippen LogP contribution in [0.4, 0.5) is 0 Å². The maximum Gasteiger partial charge on any atom is 0.164 e. The third-order valence-electron chi connectivity index (χ3n) is 3.08. The zero-order valence-corrected chi connectivity index (χ0v) is 12.0. The standard InChI is InChI=1S/C15H19NO4/c1-17-13-8-15(19-3)14(18-2)7-11(13)9-16-10-12-5-4-6-20-12/h4-8,16H,9-10H2,1-3H3/p+1. The summed E-state index contributed by atoms with van der Waals surface area (Å²) >= 11 is 0. The molecule has 1 aromatic carbocycles. The average molecular weight is 278 g/mol. The van der Waals surface area contributed by atoms with Gasteiger partial charge >= 0.3 is 0 Å². The second kappa shape index (κ2) is 6.86. The average Bonchev–Trinajstić information content (AvgIpc) is 2.99. The van der Waals surface area contributed by atoms with Gasteiger partial charge < -0.3 is 23.9 Å². The molecule has 0 radical (unpaired) electrons. The molecule has 2 rings (SSSR count). The van der Waals surface area contributed by atoms with E-state index in [-0.39, 0.29) is 0 Å². The van der Waals surface area contributed by atoms with Gasteiger partial charge in [-0.2, -0.15) is 0 Å². The Labute approximate surface area is 118 Å². The smallest absolute Gasteiger partial charge is 0.164 e. The lowest BCUT2D eigenvalue weighted by atomic mass is 10.1. The zero-order chi connectivity index (χ0) is 14.4. The molecular formula is C15H20NO4+. The molecular weight excluding hydrogens is 258 g/mol. The van der Waals surface area contributed by atoms with Gasteiger partial charge in [0.2, 0.25) is 0 Å². The van der Waals surface area contributed by atoms with E-state index in [1.54, 1.807) is 27.6 Å². The topological polar surface area (TPSA) is 57.4 Å². The molecule has 0 fully saturated rings. The van der Waals surface area contributed by atoms with Gasteiger partial charge in [0.15, 0.2) is 17.3 Å². The summed E-state index contributed by atoms with van der Waals surface area (Å²) in [5.41, 5.74) is 1.05. The van der Waals surface area contributed by atoms with Crippen LogP contribution in [0.15, 0.2) is 34.9 Å². The van der Waals surface area contributed by atoms with E-state index in [1.807, 2.05) is 24.3 Å². The van der Waals surface area contributed by atoms with Crippen LogP contribution in [0.1, 0.15) is 11.3 Å². The third kappa shape index (κ3) is 3.24. The van der Waals surface area contributed by atoms with Gasteiger partial charge in [-0.25, -0.2) is 0 Å². The number of benzene rings is 1. The van der Waals surface area contributed by atoms with Crippen molar-refractivity contribution in [3.8, 4) is 17.2 Å². The molecule has 0 aliphatic carbocycles. The van der Waals surface area contributed by atoms with Gasteiger partial charge in [0.05, 0.1) is 33.2 Å². The van der Waals surface area contributed by atoms with E-state index in [2.05, 4.69) is 5.32 Å². The van der Waals surface area contributed by atoms with Crippen LogP contribution in [0.3, 0.4) is 0 Å². The van der Waals surface area contributed by atoms with E-state index < -0.39 is 0 Å². The van der Waals surface area contributed by atoms with E-state index in [1.165, 1.54) is 0 Å². The quantitative estimate of drug-likeness (QED) is 0.835. The van der Waals surface area contributed by atoms with E-state index >= 15 is 0 Å². The molecule has 0 saturated carbocycles. The lowest BCUT2D eigenvalue weighted by Crippen LogP contribution is -2.80. The summed E-state index contributed by atoms with van der Waals surface area (Å²) in [7, 11) is 4.89. The lowest BCUT2D eigenvalue weighted by Gasteiger charge is -2.13. The number of furan rings is 1. The van der Waals surface area contributed by atoms with Crippen molar-refractivity contribution < 1.29 is 23.9 Å². The SMILES string of the molecule is COc1cc(OC)c(OC)cc1C[NH2+]Cc1ccco1. The summed E-state index contributed by atoms with van der Waals surface area (Å²) in [5, 5.41) is 2.14. The molecule has 5 heteroatoms. The molecule has 0 aliphatic heterocycles. The minimum Gasteiger partial charge on any atom is -0.496 e. The molecule has 2 N–H and O–H groups in total. The molecule has 1 aromatic heterocycles. The molecule has 2 aromatic rings.